The maximum absolute atomic E-state index is 12.8. The molecule has 21 heavy (non-hydrogen) atoms. The molecule has 1 aliphatic rings. The Kier molecular flexibility index (Phi) is 4.50. The van der Waals surface area contributed by atoms with Gasteiger partial charge in [0.05, 0.1) is 5.69 Å². The molecule has 1 aromatic carbocycles. The van der Waals surface area contributed by atoms with Crippen LogP contribution in [-0.4, -0.2) is 23.9 Å². The lowest BCUT2D eigenvalue weighted by atomic mass is 10.1. The SMILES string of the molecule is Nc1c(C(=O)N2CCCCCCC2)sc2ccc(Br)cc12. The number of halogens is 1. The van der Waals surface area contributed by atoms with Crippen molar-refractivity contribution in [1.82, 2.24) is 4.90 Å². The number of nitrogens with two attached hydrogens (primary N) is 1. The van der Waals surface area contributed by atoms with Gasteiger partial charge >= 0.3 is 0 Å². The first-order chi connectivity index (χ1) is 10.2. The van der Waals surface area contributed by atoms with Crippen molar-refractivity contribution in [1.29, 1.82) is 0 Å². The van der Waals surface area contributed by atoms with Gasteiger partial charge in [-0.05, 0) is 31.0 Å². The summed E-state index contributed by atoms with van der Waals surface area (Å²) in [5, 5.41) is 0.977. The van der Waals surface area contributed by atoms with Gasteiger partial charge in [-0.15, -0.1) is 11.3 Å². The van der Waals surface area contributed by atoms with Gasteiger partial charge in [0.25, 0.3) is 5.91 Å². The van der Waals surface area contributed by atoms with Crippen LogP contribution in [0.15, 0.2) is 22.7 Å². The Balaban J connectivity index is 1.91. The molecule has 0 spiro atoms. The number of carbonyl (C=O) groups is 1. The van der Waals surface area contributed by atoms with Crippen LogP contribution in [0.1, 0.15) is 41.8 Å². The zero-order valence-corrected chi connectivity index (χ0v) is 14.3. The molecule has 112 valence electrons. The average Bonchev–Trinajstić information content (AvgIpc) is 2.75. The van der Waals surface area contributed by atoms with Crippen LogP contribution in [-0.2, 0) is 0 Å². The van der Waals surface area contributed by atoms with Gasteiger partial charge in [-0.3, -0.25) is 4.79 Å². The van der Waals surface area contributed by atoms with Crippen LogP contribution in [0.4, 0.5) is 5.69 Å². The van der Waals surface area contributed by atoms with Crippen LogP contribution in [0.5, 0.6) is 0 Å². The summed E-state index contributed by atoms with van der Waals surface area (Å²) in [6, 6.07) is 6.00. The van der Waals surface area contributed by atoms with Crippen LogP contribution in [0.3, 0.4) is 0 Å². The third-order valence-electron chi connectivity index (χ3n) is 4.03. The van der Waals surface area contributed by atoms with Crippen molar-refractivity contribution in [2.24, 2.45) is 0 Å². The summed E-state index contributed by atoms with van der Waals surface area (Å²) in [5.74, 6) is 0.103. The molecule has 0 atom stereocenters. The number of benzene rings is 1. The van der Waals surface area contributed by atoms with Crippen LogP contribution in [0.25, 0.3) is 10.1 Å². The normalized spacial score (nSPS) is 16.7. The lowest BCUT2D eigenvalue weighted by molar-refractivity contribution is 0.0748. The lowest BCUT2D eigenvalue weighted by Gasteiger charge is -2.24. The van der Waals surface area contributed by atoms with Crippen molar-refractivity contribution < 1.29 is 4.79 Å². The smallest absolute Gasteiger partial charge is 0.266 e. The molecule has 3 rings (SSSR count). The highest BCUT2D eigenvalue weighted by molar-refractivity contribution is 9.10. The number of nitrogens with zero attached hydrogens (tertiary/aromatic N) is 1. The summed E-state index contributed by atoms with van der Waals surface area (Å²) in [6.07, 6.45) is 5.93. The van der Waals surface area contributed by atoms with E-state index in [0.717, 1.165) is 40.5 Å². The molecule has 2 heterocycles. The molecule has 5 heteroatoms. The third kappa shape index (κ3) is 3.09. The summed E-state index contributed by atoms with van der Waals surface area (Å²) >= 11 is 4.97. The van der Waals surface area contributed by atoms with Gasteiger partial charge in [-0.25, -0.2) is 0 Å². The number of nitrogen functional groups attached to an aromatic ring is 1. The van der Waals surface area contributed by atoms with E-state index < -0.39 is 0 Å². The van der Waals surface area contributed by atoms with Gasteiger partial charge < -0.3 is 10.6 Å². The van der Waals surface area contributed by atoms with Crippen molar-refractivity contribution in [2.75, 3.05) is 18.8 Å². The molecule has 0 radical (unpaired) electrons. The number of anilines is 1. The predicted molar refractivity (Wildman–Crippen MR) is 92.9 cm³/mol. The van der Waals surface area contributed by atoms with Crippen LogP contribution in [0.2, 0.25) is 0 Å². The number of thiophene rings is 1. The first-order valence-corrected chi connectivity index (χ1v) is 9.04. The number of fused-ring (bicyclic) bond motifs is 1. The minimum Gasteiger partial charge on any atom is -0.397 e. The molecule has 1 saturated heterocycles. The molecular weight excluding hydrogens is 348 g/mol. The fraction of sp³-hybridized carbons (Fsp3) is 0.438. The van der Waals surface area contributed by atoms with E-state index in [0.29, 0.717) is 10.6 Å². The van der Waals surface area contributed by atoms with E-state index in [1.807, 2.05) is 23.1 Å². The van der Waals surface area contributed by atoms with E-state index in [1.165, 1.54) is 30.6 Å². The molecule has 1 aromatic heterocycles. The number of rotatable bonds is 1. The zero-order chi connectivity index (χ0) is 14.8. The second-order valence-electron chi connectivity index (χ2n) is 5.55. The zero-order valence-electron chi connectivity index (χ0n) is 11.9. The summed E-state index contributed by atoms with van der Waals surface area (Å²) in [4.78, 5) is 15.5. The first kappa shape index (κ1) is 14.9. The van der Waals surface area contributed by atoms with Gasteiger partial charge in [0.1, 0.15) is 4.88 Å². The Hall–Kier alpha value is -1.07. The number of amides is 1. The van der Waals surface area contributed by atoms with Crippen LogP contribution < -0.4 is 5.73 Å². The largest absolute Gasteiger partial charge is 0.397 e. The summed E-state index contributed by atoms with van der Waals surface area (Å²) < 4.78 is 2.07. The summed E-state index contributed by atoms with van der Waals surface area (Å²) in [6.45, 7) is 1.71. The molecule has 0 bridgehead atoms. The molecule has 0 unspecified atom stereocenters. The molecule has 1 aliphatic heterocycles. The molecule has 2 N–H and O–H groups in total. The monoisotopic (exact) mass is 366 g/mol. The number of hydrogen-bond donors (Lipinski definition) is 1. The maximum atomic E-state index is 12.8. The Morgan fingerprint density at radius 3 is 2.52 bits per heavy atom. The Labute approximate surface area is 137 Å². The molecule has 3 nitrogen and oxygen atoms in total. The second-order valence-corrected chi connectivity index (χ2v) is 7.51. The van der Waals surface area contributed by atoms with Crippen LogP contribution in [0, 0.1) is 0 Å². The van der Waals surface area contributed by atoms with Crippen molar-refractivity contribution in [3.63, 3.8) is 0 Å². The van der Waals surface area contributed by atoms with Gasteiger partial charge in [-0.1, -0.05) is 35.2 Å². The van der Waals surface area contributed by atoms with Gasteiger partial charge in [-0.2, -0.15) is 0 Å². The predicted octanol–water partition coefficient (Wildman–Crippen LogP) is 4.65. The molecule has 1 fully saturated rings. The van der Waals surface area contributed by atoms with E-state index in [1.54, 1.807) is 0 Å². The fourth-order valence-electron chi connectivity index (χ4n) is 2.84. The van der Waals surface area contributed by atoms with Crippen molar-refractivity contribution >= 4 is 48.9 Å². The van der Waals surface area contributed by atoms with E-state index in [9.17, 15) is 4.79 Å². The number of likely N-dealkylation sites (tertiary alicyclic amines) is 1. The van der Waals surface area contributed by atoms with Gasteiger partial charge in [0.2, 0.25) is 0 Å². The highest BCUT2D eigenvalue weighted by Gasteiger charge is 2.22. The van der Waals surface area contributed by atoms with Gasteiger partial charge in [0, 0.05) is 27.6 Å². The molecular formula is C16H19BrN2OS. The fourth-order valence-corrected chi connectivity index (χ4v) is 4.27. The van der Waals surface area contributed by atoms with Crippen molar-refractivity contribution in [2.45, 2.75) is 32.1 Å². The van der Waals surface area contributed by atoms with Gasteiger partial charge in [0.15, 0.2) is 0 Å². The molecule has 2 aromatic rings. The molecule has 0 aliphatic carbocycles. The van der Waals surface area contributed by atoms with E-state index in [2.05, 4.69) is 15.9 Å². The topological polar surface area (TPSA) is 46.3 Å². The Bertz CT molecular complexity index is 660. The minimum absolute atomic E-state index is 0.103. The number of hydrogen-bond acceptors (Lipinski definition) is 3. The molecule has 1 amide bonds. The van der Waals surface area contributed by atoms with Crippen molar-refractivity contribution in [3.8, 4) is 0 Å². The minimum atomic E-state index is 0.103. The Morgan fingerprint density at radius 1 is 1.14 bits per heavy atom. The summed E-state index contributed by atoms with van der Waals surface area (Å²) in [7, 11) is 0. The van der Waals surface area contributed by atoms with E-state index in [-0.39, 0.29) is 5.91 Å². The third-order valence-corrected chi connectivity index (χ3v) is 5.69. The molecule has 0 saturated carbocycles. The highest BCUT2D eigenvalue weighted by Crippen LogP contribution is 2.36. The Morgan fingerprint density at radius 2 is 1.81 bits per heavy atom. The van der Waals surface area contributed by atoms with Crippen LogP contribution >= 0.6 is 27.3 Å². The maximum Gasteiger partial charge on any atom is 0.266 e. The first-order valence-electron chi connectivity index (χ1n) is 7.43. The number of carbonyl (C=O) groups excluding carboxylic acids is 1. The summed E-state index contributed by atoms with van der Waals surface area (Å²) in [5.41, 5.74) is 6.86. The quantitative estimate of drug-likeness (QED) is 0.797. The van der Waals surface area contributed by atoms with E-state index in [4.69, 9.17) is 5.73 Å². The average molecular weight is 367 g/mol. The lowest BCUT2D eigenvalue weighted by Crippen LogP contribution is -2.33. The van der Waals surface area contributed by atoms with Crippen molar-refractivity contribution in [3.05, 3.63) is 27.5 Å². The second kappa shape index (κ2) is 6.36. The highest BCUT2D eigenvalue weighted by atomic mass is 79.9. The van der Waals surface area contributed by atoms with E-state index >= 15 is 0 Å². The standard InChI is InChI=1S/C16H19BrN2OS/c17-11-6-7-13-12(10-11)14(18)15(21-13)16(20)19-8-4-2-1-3-5-9-19/h6-7,10H,1-5,8-9,18H2.